The number of nitrogens with one attached hydrogen (secondary N) is 1. The van der Waals surface area contributed by atoms with E-state index in [4.69, 9.17) is 5.26 Å². The number of hydrogen-bond donors (Lipinski definition) is 1. The zero-order valence-corrected chi connectivity index (χ0v) is 10.5. The predicted octanol–water partition coefficient (Wildman–Crippen LogP) is 2.63. The summed E-state index contributed by atoms with van der Waals surface area (Å²) < 4.78 is 0. The summed E-state index contributed by atoms with van der Waals surface area (Å²) in [6.45, 7) is 2.79. The Kier molecular flexibility index (Phi) is 4.79. The van der Waals surface area contributed by atoms with Crippen LogP contribution in [0.2, 0.25) is 0 Å². The minimum absolute atomic E-state index is 0.0819. The highest BCUT2D eigenvalue weighted by molar-refractivity contribution is 7.99. The maximum Gasteiger partial charge on any atom is 0.289 e. The standard InChI is InChI=1S/C11H13N3O2S/c1-8(17-2)7-13-10-4-3-9(6-12)11(5-10)14(15)16/h3-5,8,13H,7H2,1-2H3. The van der Waals surface area contributed by atoms with Gasteiger partial charge in [-0.05, 0) is 18.4 Å². The van der Waals surface area contributed by atoms with Crippen molar-refractivity contribution in [3.05, 3.63) is 33.9 Å². The lowest BCUT2D eigenvalue weighted by Crippen LogP contribution is -2.12. The van der Waals surface area contributed by atoms with Gasteiger partial charge in [0, 0.05) is 23.5 Å². The molecule has 90 valence electrons. The molecule has 0 aliphatic carbocycles. The van der Waals surface area contributed by atoms with Crippen LogP contribution >= 0.6 is 11.8 Å². The highest BCUT2D eigenvalue weighted by atomic mass is 32.2. The molecule has 1 aromatic rings. The third kappa shape index (κ3) is 3.64. The molecule has 17 heavy (non-hydrogen) atoms. The minimum Gasteiger partial charge on any atom is -0.384 e. The van der Waals surface area contributed by atoms with Crippen LogP contribution in [0.3, 0.4) is 0 Å². The number of nitriles is 1. The molecule has 0 bridgehead atoms. The average molecular weight is 251 g/mol. The summed E-state index contributed by atoms with van der Waals surface area (Å²) in [5.41, 5.74) is 0.587. The molecule has 0 aromatic heterocycles. The monoisotopic (exact) mass is 251 g/mol. The Hall–Kier alpha value is -1.74. The van der Waals surface area contributed by atoms with Gasteiger partial charge in [0.25, 0.3) is 5.69 Å². The summed E-state index contributed by atoms with van der Waals surface area (Å²) in [7, 11) is 0. The molecule has 6 heteroatoms. The van der Waals surface area contributed by atoms with Crippen LogP contribution in [0.25, 0.3) is 0 Å². The molecular formula is C11H13N3O2S. The molecular weight excluding hydrogens is 238 g/mol. The van der Waals surface area contributed by atoms with E-state index < -0.39 is 4.92 Å². The van der Waals surface area contributed by atoms with Crippen molar-refractivity contribution < 1.29 is 4.92 Å². The van der Waals surface area contributed by atoms with E-state index in [-0.39, 0.29) is 11.3 Å². The largest absolute Gasteiger partial charge is 0.384 e. The molecule has 0 heterocycles. The fourth-order valence-electron chi connectivity index (χ4n) is 1.23. The zero-order valence-electron chi connectivity index (χ0n) is 9.64. The quantitative estimate of drug-likeness (QED) is 0.642. The van der Waals surface area contributed by atoms with E-state index in [1.54, 1.807) is 23.9 Å². The average Bonchev–Trinajstić information content (AvgIpc) is 2.35. The molecule has 1 unspecified atom stereocenters. The van der Waals surface area contributed by atoms with E-state index in [1.807, 2.05) is 6.26 Å². The van der Waals surface area contributed by atoms with Crippen molar-refractivity contribution in [3.63, 3.8) is 0 Å². The molecule has 0 fully saturated rings. The topological polar surface area (TPSA) is 79.0 Å². The number of hydrogen-bond acceptors (Lipinski definition) is 5. The second-order valence-electron chi connectivity index (χ2n) is 3.53. The van der Waals surface area contributed by atoms with E-state index in [1.165, 1.54) is 12.1 Å². The fraction of sp³-hybridized carbons (Fsp3) is 0.364. The Morgan fingerprint density at radius 3 is 2.88 bits per heavy atom. The first kappa shape index (κ1) is 13.3. The number of thioether (sulfide) groups is 1. The van der Waals surface area contributed by atoms with E-state index in [2.05, 4.69) is 12.2 Å². The molecule has 1 atom stereocenters. The number of anilines is 1. The van der Waals surface area contributed by atoms with Gasteiger partial charge in [0.15, 0.2) is 0 Å². The lowest BCUT2D eigenvalue weighted by atomic mass is 10.2. The number of benzene rings is 1. The second-order valence-corrected chi connectivity index (χ2v) is 4.80. The van der Waals surface area contributed by atoms with Crippen LogP contribution in [0.4, 0.5) is 11.4 Å². The SMILES string of the molecule is CSC(C)CNc1ccc(C#N)c([N+](=O)[O-])c1. The molecule has 0 radical (unpaired) electrons. The van der Waals surface area contributed by atoms with Crippen molar-refractivity contribution in [2.75, 3.05) is 18.1 Å². The first-order chi connectivity index (χ1) is 8.08. The lowest BCUT2D eigenvalue weighted by Gasteiger charge is -2.10. The molecule has 0 aliphatic rings. The summed E-state index contributed by atoms with van der Waals surface area (Å²) >= 11 is 1.71. The summed E-state index contributed by atoms with van der Waals surface area (Å²) in [4.78, 5) is 10.2. The first-order valence-electron chi connectivity index (χ1n) is 5.03. The third-order valence-corrected chi connectivity index (χ3v) is 3.28. The van der Waals surface area contributed by atoms with Crippen LogP contribution in [0, 0.1) is 21.4 Å². The molecule has 0 amide bonds. The summed E-state index contributed by atoms with van der Waals surface area (Å²) in [6.07, 6.45) is 2.01. The smallest absolute Gasteiger partial charge is 0.289 e. The summed E-state index contributed by atoms with van der Waals surface area (Å²) in [6, 6.07) is 6.34. The zero-order chi connectivity index (χ0) is 12.8. The summed E-state index contributed by atoms with van der Waals surface area (Å²) in [5.74, 6) is 0. The number of nitro groups is 1. The number of rotatable bonds is 5. The number of nitro benzene ring substituents is 1. The highest BCUT2D eigenvalue weighted by Crippen LogP contribution is 2.22. The van der Waals surface area contributed by atoms with Gasteiger partial charge in [0.2, 0.25) is 0 Å². The second kappa shape index (κ2) is 6.11. The van der Waals surface area contributed by atoms with E-state index in [9.17, 15) is 10.1 Å². The van der Waals surface area contributed by atoms with E-state index in [0.717, 1.165) is 6.54 Å². The highest BCUT2D eigenvalue weighted by Gasteiger charge is 2.14. The van der Waals surface area contributed by atoms with E-state index >= 15 is 0 Å². The van der Waals surface area contributed by atoms with Crippen molar-refractivity contribution in [2.24, 2.45) is 0 Å². The van der Waals surface area contributed by atoms with E-state index in [0.29, 0.717) is 10.9 Å². The van der Waals surface area contributed by atoms with Crippen LogP contribution < -0.4 is 5.32 Å². The molecule has 0 saturated heterocycles. The van der Waals surface area contributed by atoms with Gasteiger partial charge in [0.05, 0.1) is 4.92 Å². The van der Waals surface area contributed by atoms with Crippen LogP contribution in [0.15, 0.2) is 18.2 Å². The van der Waals surface area contributed by atoms with Gasteiger partial charge in [-0.25, -0.2) is 0 Å². The van der Waals surface area contributed by atoms with Crippen molar-refractivity contribution in [3.8, 4) is 6.07 Å². The van der Waals surface area contributed by atoms with Gasteiger partial charge in [0.1, 0.15) is 11.6 Å². The van der Waals surface area contributed by atoms with Crippen molar-refractivity contribution in [1.29, 1.82) is 5.26 Å². The van der Waals surface area contributed by atoms with Crippen LogP contribution in [0.5, 0.6) is 0 Å². The fourth-order valence-corrected chi connectivity index (χ4v) is 1.48. The maximum atomic E-state index is 10.7. The Bertz CT molecular complexity index is 457. The summed E-state index contributed by atoms with van der Waals surface area (Å²) in [5, 5.41) is 23.0. The molecule has 5 nitrogen and oxygen atoms in total. The number of nitrogens with zero attached hydrogens (tertiary/aromatic N) is 2. The van der Waals surface area contributed by atoms with Gasteiger partial charge in [-0.2, -0.15) is 17.0 Å². The Balaban J connectivity index is 2.86. The van der Waals surface area contributed by atoms with Crippen LogP contribution in [0.1, 0.15) is 12.5 Å². The molecule has 1 N–H and O–H groups in total. The van der Waals surface area contributed by atoms with Crippen molar-refractivity contribution in [1.82, 2.24) is 0 Å². The van der Waals surface area contributed by atoms with Crippen LogP contribution in [-0.4, -0.2) is 23.0 Å². The van der Waals surface area contributed by atoms with Crippen molar-refractivity contribution in [2.45, 2.75) is 12.2 Å². The predicted molar refractivity (Wildman–Crippen MR) is 69.3 cm³/mol. The Morgan fingerprint density at radius 1 is 1.65 bits per heavy atom. The molecule has 1 aromatic carbocycles. The molecule has 1 rings (SSSR count). The molecule has 0 aliphatic heterocycles. The van der Waals surface area contributed by atoms with Crippen molar-refractivity contribution >= 4 is 23.1 Å². The van der Waals surface area contributed by atoms with Gasteiger partial charge in [-0.1, -0.05) is 6.92 Å². The van der Waals surface area contributed by atoms with Gasteiger partial charge in [-0.15, -0.1) is 0 Å². The first-order valence-corrected chi connectivity index (χ1v) is 6.32. The Labute approximate surface area is 104 Å². The maximum absolute atomic E-state index is 10.7. The van der Waals surface area contributed by atoms with Gasteiger partial charge < -0.3 is 5.32 Å². The lowest BCUT2D eigenvalue weighted by molar-refractivity contribution is -0.385. The molecule has 0 spiro atoms. The van der Waals surface area contributed by atoms with Gasteiger partial charge in [-0.3, -0.25) is 10.1 Å². The molecule has 0 saturated carbocycles. The minimum atomic E-state index is -0.540. The van der Waals surface area contributed by atoms with Crippen LogP contribution in [-0.2, 0) is 0 Å². The Morgan fingerprint density at radius 2 is 2.35 bits per heavy atom. The van der Waals surface area contributed by atoms with Gasteiger partial charge >= 0.3 is 0 Å². The normalized spacial score (nSPS) is 11.6. The third-order valence-electron chi connectivity index (χ3n) is 2.31.